The molecule has 3 aromatic rings. The number of carbonyl (C=O) groups is 1. The molecule has 0 saturated carbocycles. The number of hydrogen-bond donors (Lipinski definition) is 1. The molecule has 0 aliphatic heterocycles. The van der Waals surface area contributed by atoms with Crippen molar-refractivity contribution >= 4 is 17.5 Å². The summed E-state index contributed by atoms with van der Waals surface area (Å²) in [6.07, 6.45) is 0. The number of benzene rings is 1. The highest BCUT2D eigenvalue weighted by atomic mass is 32.2. The standard InChI is InChI=1S/C19H21FN4OS/c1-11(2)18-21-19(23-22-18)26-10-17(25)14-9-12(3)24(13(14)4)16-8-6-5-7-15(16)20/h5-9,11H,10H2,1-4H3,(H,21,22,23). The number of rotatable bonds is 6. The van der Waals surface area contributed by atoms with Gasteiger partial charge in [0.25, 0.3) is 0 Å². The van der Waals surface area contributed by atoms with E-state index in [0.717, 1.165) is 17.2 Å². The molecule has 0 unspecified atom stereocenters. The van der Waals surface area contributed by atoms with Gasteiger partial charge in [0.2, 0.25) is 5.16 Å². The molecule has 0 bridgehead atoms. The van der Waals surface area contributed by atoms with Crippen LogP contribution in [0.3, 0.4) is 0 Å². The van der Waals surface area contributed by atoms with Crippen molar-refractivity contribution < 1.29 is 9.18 Å². The predicted octanol–water partition coefficient (Wildman–Crippen LogP) is 4.45. The van der Waals surface area contributed by atoms with Gasteiger partial charge in [0, 0.05) is 22.9 Å². The molecule has 0 amide bonds. The first-order valence-electron chi connectivity index (χ1n) is 8.40. The normalized spacial score (nSPS) is 11.3. The summed E-state index contributed by atoms with van der Waals surface area (Å²) in [5.74, 6) is 0.952. The molecule has 0 fully saturated rings. The first-order chi connectivity index (χ1) is 12.4. The van der Waals surface area contributed by atoms with Crippen LogP contribution in [0.15, 0.2) is 35.5 Å². The van der Waals surface area contributed by atoms with E-state index in [1.807, 2.05) is 33.8 Å². The number of aryl methyl sites for hydroxylation is 1. The van der Waals surface area contributed by atoms with Crippen LogP contribution in [0.5, 0.6) is 0 Å². The Morgan fingerprint density at radius 2 is 2.04 bits per heavy atom. The third kappa shape index (κ3) is 3.58. The summed E-state index contributed by atoms with van der Waals surface area (Å²) in [5, 5.41) is 7.57. The largest absolute Gasteiger partial charge is 0.315 e. The molecular formula is C19H21FN4OS. The number of H-pyrrole nitrogens is 1. The van der Waals surface area contributed by atoms with Crippen molar-refractivity contribution in [3.63, 3.8) is 0 Å². The lowest BCUT2D eigenvalue weighted by Gasteiger charge is -2.10. The summed E-state index contributed by atoms with van der Waals surface area (Å²) < 4.78 is 15.9. The molecule has 26 heavy (non-hydrogen) atoms. The molecule has 1 aromatic carbocycles. The Labute approximate surface area is 156 Å². The highest BCUT2D eigenvalue weighted by molar-refractivity contribution is 7.99. The van der Waals surface area contributed by atoms with E-state index in [4.69, 9.17) is 0 Å². The zero-order valence-corrected chi connectivity index (χ0v) is 16.0. The first kappa shape index (κ1) is 18.4. The fraction of sp³-hybridized carbons (Fsp3) is 0.316. The van der Waals surface area contributed by atoms with Crippen molar-refractivity contribution in [3.8, 4) is 5.69 Å². The molecule has 0 aliphatic rings. The average Bonchev–Trinajstić information content (AvgIpc) is 3.19. The Balaban J connectivity index is 1.80. The minimum Gasteiger partial charge on any atom is -0.315 e. The van der Waals surface area contributed by atoms with Crippen LogP contribution in [0.1, 0.15) is 47.3 Å². The number of hydrogen-bond acceptors (Lipinski definition) is 4. The Bertz CT molecular complexity index is 945. The molecule has 0 spiro atoms. The molecule has 5 nitrogen and oxygen atoms in total. The number of thioether (sulfide) groups is 1. The molecule has 0 radical (unpaired) electrons. The van der Waals surface area contributed by atoms with Gasteiger partial charge < -0.3 is 4.57 Å². The van der Waals surface area contributed by atoms with Gasteiger partial charge in [-0.3, -0.25) is 9.89 Å². The molecule has 0 saturated heterocycles. The van der Waals surface area contributed by atoms with E-state index < -0.39 is 0 Å². The van der Waals surface area contributed by atoms with Crippen molar-refractivity contribution in [2.45, 2.75) is 38.8 Å². The van der Waals surface area contributed by atoms with E-state index >= 15 is 0 Å². The van der Waals surface area contributed by atoms with E-state index in [0.29, 0.717) is 16.4 Å². The lowest BCUT2D eigenvalue weighted by Crippen LogP contribution is -2.06. The van der Waals surface area contributed by atoms with Gasteiger partial charge >= 0.3 is 0 Å². The van der Waals surface area contributed by atoms with Crippen LogP contribution in [-0.2, 0) is 0 Å². The van der Waals surface area contributed by atoms with Crippen LogP contribution >= 0.6 is 11.8 Å². The zero-order chi connectivity index (χ0) is 18.8. The molecule has 136 valence electrons. The van der Waals surface area contributed by atoms with Crippen molar-refractivity contribution in [1.82, 2.24) is 19.7 Å². The summed E-state index contributed by atoms with van der Waals surface area (Å²) in [5.41, 5.74) is 2.60. The van der Waals surface area contributed by atoms with Gasteiger partial charge in [0.05, 0.1) is 11.4 Å². The minimum absolute atomic E-state index is 0.0263. The van der Waals surface area contributed by atoms with Crippen molar-refractivity contribution in [2.24, 2.45) is 0 Å². The number of Topliss-reactive ketones (excluding diaryl/α,β-unsaturated/α-hetero) is 1. The number of nitrogens with one attached hydrogen (secondary N) is 1. The number of ketones is 1. The lowest BCUT2D eigenvalue weighted by atomic mass is 10.2. The van der Waals surface area contributed by atoms with Gasteiger partial charge in [-0.2, -0.15) is 0 Å². The van der Waals surface area contributed by atoms with E-state index in [2.05, 4.69) is 15.2 Å². The second-order valence-electron chi connectivity index (χ2n) is 6.44. The SMILES string of the molecule is Cc1cc(C(=O)CSc2n[nH]c(C(C)C)n2)c(C)n1-c1ccccc1F. The van der Waals surface area contributed by atoms with Crippen LogP contribution in [0.4, 0.5) is 4.39 Å². The number of halogens is 1. The summed E-state index contributed by atoms with van der Waals surface area (Å²) in [4.78, 5) is 17.0. The van der Waals surface area contributed by atoms with Gasteiger partial charge in [-0.05, 0) is 32.0 Å². The highest BCUT2D eigenvalue weighted by Gasteiger charge is 2.19. The summed E-state index contributed by atoms with van der Waals surface area (Å²) in [7, 11) is 0. The first-order valence-corrected chi connectivity index (χ1v) is 9.39. The number of nitrogens with zero attached hydrogens (tertiary/aromatic N) is 3. The van der Waals surface area contributed by atoms with Gasteiger partial charge in [0.15, 0.2) is 5.78 Å². The highest BCUT2D eigenvalue weighted by Crippen LogP contribution is 2.25. The molecular weight excluding hydrogens is 351 g/mol. The summed E-state index contributed by atoms with van der Waals surface area (Å²) in [6.45, 7) is 7.75. The van der Waals surface area contributed by atoms with Gasteiger partial charge in [0.1, 0.15) is 11.6 Å². The van der Waals surface area contributed by atoms with Crippen molar-refractivity contribution in [3.05, 3.63) is 58.9 Å². The van der Waals surface area contributed by atoms with E-state index in [1.54, 1.807) is 22.8 Å². The molecule has 2 aromatic heterocycles. The number of para-hydroxylation sites is 1. The monoisotopic (exact) mass is 372 g/mol. The van der Waals surface area contributed by atoms with Crippen molar-refractivity contribution in [2.75, 3.05) is 5.75 Å². The van der Waals surface area contributed by atoms with E-state index in [9.17, 15) is 9.18 Å². The zero-order valence-electron chi connectivity index (χ0n) is 15.2. The molecule has 1 N–H and O–H groups in total. The van der Waals surface area contributed by atoms with Crippen LogP contribution in [0, 0.1) is 19.7 Å². The maximum absolute atomic E-state index is 14.2. The van der Waals surface area contributed by atoms with Crippen LogP contribution in [0.25, 0.3) is 5.69 Å². The third-order valence-corrected chi connectivity index (χ3v) is 5.03. The van der Waals surface area contributed by atoms with Gasteiger partial charge in [-0.25, -0.2) is 9.37 Å². The lowest BCUT2D eigenvalue weighted by molar-refractivity contribution is 0.102. The third-order valence-electron chi connectivity index (χ3n) is 4.19. The van der Waals surface area contributed by atoms with Crippen LogP contribution in [-0.4, -0.2) is 31.3 Å². The maximum Gasteiger partial charge on any atom is 0.208 e. The molecule has 0 aliphatic carbocycles. The van der Waals surface area contributed by atoms with Gasteiger partial charge in [-0.15, -0.1) is 5.10 Å². The fourth-order valence-electron chi connectivity index (χ4n) is 2.84. The molecule has 3 rings (SSSR count). The van der Waals surface area contributed by atoms with E-state index in [-0.39, 0.29) is 23.3 Å². The predicted molar refractivity (Wildman–Crippen MR) is 101 cm³/mol. The minimum atomic E-state index is -0.315. The molecule has 7 heteroatoms. The summed E-state index contributed by atoms with van der Waals surface area (Å²) in [6, 6.07) is 8.37. The van der Waals surface area contributed by atoms with Crippen LogP contribution < -0.4 is 0 Å². The number of carbonyl (C=O) groups excluding carboxylic acids is 1. The second kappa shape index (κ2) is 7.45. The Morgan fingerprint density at radius 3 is 2.69 bits per heavy atom. The molecule has 2 heterocycles. The quantitative estimate of drug-likeness (QED) is 0.513. The topological polar surface area (TPSA) is 63.6 Å². The smallest absolute Gasteiger partial charge is 0.208 e. The average molecular weight is 372 g/mol. The van der Waals surface area contributed by atoms with Gasteiger partial charge in [-0.1, -0.05) is 37.7 Å². The molecule has 0 atom stereocenters. The number of aromatic amines is 1. The Hall–Kier alpha value is -2.41. The van der Waals surface area contributed by atoms with E-state index in [1.165, 1.54) is 17.8 Å². The van der Waals surface area contributed by atoms with Crippen molar-refractivity contribution in [1.29, 1.82) is 0 Å². The summed E-state index contributed by atoms with van der Waals surface area (Å²) >= 11 is 1.30. The second-order valence-corrected chi connectivity index (χ2v) is 7.38. The Kier molecular flexibility index (Phi) is 5.27. The Morgan fingerprint density at radius 1 is 1.31 bits per heavy atom. The number of aromatic nitrogens is 4. The maximum atomic E-state index is 14.2. The van der Waals surface area contributed by atoms with Crippen LogP contribution in [0.2, 0.25) is 0 Å². The fourth-order valence-corrected chi connectivity index (χ4v) is 3.53.